The summed E-state index contributed by atoms with van der Waals surface area (Å²) in [5, 5.41) is 10.3. The molecule has 10 aromatic carbocycles. The summed E-state index contributed by atoms with van der Waals surface area (Å²) in [5.41, 5.74) is 18.2. The molecule has 304 valence electrons. The van der Waals surface area contributed by atoms with E-state index in [4.69, 9.17) is 0 Å². The van der Waals surface area contributed by atoms with Gasteiger partial charge in [0, 0.05) is 69.4 Å². The van der Waals surface area contributed by atoms with Crippen LogP contribution < -0.4 is 21.3 Å². The summed E-state index contributed by atoms with van der Waals surface area (Å²) in [7, 11) is 0. The van der Waals surface area contributed by atoms with E-state index in [0.29, 0.717) is 0 Å². The van der Waals surface area contributed by atoms with Crippen LogP contribution in [0.4, 0.5) is 17.1 Å². The largest absolute Gasteiger partial charge is 0.309 e. The molecule has 16 rings (SSSR count). The van der Waals surface area contributed by atoms with Crippen LogP contribution in [0.1, 0.15) is 0 Å². The third kappa shape index (κ3) is 4.30. The molecule has 0 spiro atoms. The lowest BCUT2D eigenvalue weighted by Crippen LogP contribution is -2.61. The number of fused-ring (bicyclic) bond motifs is 17. The molecule has 0 saturated carbocycles. The third-order valence-electron chi connectivity index (χ3n) is 14.8. The van der Waals surface area contributed by atoms with Crippen LogP contribution in [0.3, 0.4) is 0 Å². The second-order valence-corrected chi connectivity index (χ2v) is 19.0. The Labute approximate surface area is 383 Å². The zero-order chi connectivity index (χ0) is 42.8. The number of aromatic nitrogens is 3. The highest BCUT2D eigenvalue weighted by atomic mass is 32.1. The number of anilines is 3. The van der Waals surface area contributed by atoms with Crippen LogP contribution in [0.25, 0.3) is 103 Å². The maximum Gasteiger partial charge on any atom is 0.252 e. The van der Waals surface area contributed by atoms with Crippen LogP contribution >= 0.6 is 11.3 Å². The first-order chi connectivity index (χ1) is 32.8. The monoisotopic (exact) mass is 854 g/mol. The van der Waals surface area contributed by atoms with Crippen molar-refractivity contribution in [3.63, 3.8) is 0 Å². The Kier molecular flexibility index (Phi) is 6.75. The van der Waals surface area contributed by atoms with Gasteiger partial charge in [-0.25, -0.2) is 0 Å². The van der Waals surface area contributed by atoms with Crippen molar-refractivity contribution in [1.82, 2.24) is 13.7 Å². The maximum atomic E-state index is 2.67. The molecule has 2 aliphatic heterocycles. The molecule has 0 N–H and O–H groups in total. The molecule has 0 fully saturated rings. The van der Waals surface area contributed by atoms with Gasteiger partial charge in [0.2, 0.25) is 0 Å². The highest BCUT2D eigenvalue weighted by molar-refractivity contribution is 7.26. The number of para-hydroxylation sites is 7. The van der Waals surface area contributed by atoms with Gasteiger partial charge < -0.3 is 18.6 Å². The van der Waals surface area contributed by atoms with E-state index in [-0.39, 0.29) is 6.71 Å². The van der Waals surface area contributed by atoms with Gasteiger partial charge in [0.05, 0.1) is 50.3 Å². The van der Waals surface area contributed by atoms with Crippen LogP contribution in [0.2, 0.25) is 0 Å². The molecule has 0 unspecified atom stereocenters. The summed E-state index contributed by atoms with van der Waals surface area (Å²) in [6, 6.07) is 79.5. The number of hydrogen-bond donors (Lipinski definition) is 0. The van der Waals surface area contributed by atoms with Gasteiger partial charge >= 0.3 is 0 Å². The van der Waals surface area contributed by atoms with E-state index >= 15 is 0 Å². The first kappa shape index (κ1) is 35.1. The highest BCUT2D eigenvalue weighted by Gasteiger charge is 2.45. The minimum absolute atomic E-state index is 0.0683. The number of benzene rings is 10. The number of nitrogens with zero attached hydrogens (tertiary/aromatic N) is 4. The fourth-order valence-electron chi connectivity index (χ4n) is 12.3. The molecule has 66 heavy (non-hydrogen) atoms. The quantitative estimate of drug-likeness (QED) is 0.162. The zero-order valence-corrected chi connectivity index (χ0v) is 36.3. The first-order valence-electron chi connectivity index (χ1n) is 22.8. The molecule has 6 heteroatoms. The van der Waals surface area contributed by atoms with Gasteiger partial charge in [-0.1, -0.05) is 146 Å². The Morgan fingerprint density at radius 1 is 0.333 bits per heavy atom. The maximum absolute atomic E-state index is 2.67. The SMILES string of the molecule is c1ccc(N2c3ccccc3B3c4c2c(-n2c5ccccc5c5ccccc52)cc(-n2c5ccccc5c5ccccc52)c4-n2c4ccc5sc6ccccc6c5c4c4cccc3c42)cc1. The van der Waals surface area contributed by atoms with E-state index in [1.54, 1.807) is 0 Å². The molecule has 6 heterocycles. The van der Waals surface area contributed by atoms with Gasteiger partial charge in [0.1, 0.15) is 0 Å². The summed E-state index contributed by atoms with van der Waals surface area (Å²) >= 11 is 1.90. The van der Waals surface area contributed by atoms with Gasteiger partial charge in [-0.15, -0.1) is 11.3 Å². The molecule has 0 radical (unpaired) electrons. The highest BCUT2D eigenvalue weighted by Crippen LogP contribution is 2.50. The Bertz CT molecular complexity index is 4330. The predicted octanol–water partition coefficient (Wildman–Crippen LogP) is 14.0. The van der Waals surface area contributed by atoms with Crippen molar-refractivity contribution in [1.29, 1.82) is 0 Å². The van der Waals surface area contributed by atoms with Crippen molar-refractivity contribution in [2.24, 2.45) is 0 Å². The van der Waals surface area contributed by atoms with Gasteiger partial charge in [-0.05, 0) is 83.1 Å². The Balaban J connectivity index is 1.20. The molecule has 4 aromatic heterocycles. The lowest BCUT2D eigenvalue weighted by molar-refractivity contribution is 1.07. The Morgan fingerprint density at radius 2 is 0.864 bits per heavy atom. The Hall–Kier alpha value is -8.32. The van der Waals surface area contributed by atoms with Crippen molar-refractivity contribution in [3.8, 4) is 17.1 Å². The van der Waals surface area contributed by atoms with Crippen molar-refractivity contribution in [2.45, 2.75) is 0 Å². The predicted molar refractivity (Wildman–Crippen MR) is 282 cm³/mol. The molecule has 0 saturated heterocycles. The van der Waals surface area contributed by atoms with E-state index in [1.165, 1.54) is 119 Å². The number of thiophene rings is 1. The van der Waals surface area contributed by atoms with Crippen LogP contribution in [0, 0.1) is 0 Å². The molecule has 0 atom stereocenters. The van der Waals surface area contributed by atoms with Gasteiger partial charge in [0.15, 0.2) is 0 Å². The summed E-state index contributed by atoms with van der Waals surface area (Å²) < 4.78 is 10.4. The zero-order valence-electron chi connectivity index (χ0n) is 35.5. The fraction of sp³-hybridized carbons (Fsp3) is 0. The van der Waals surface area contributed by atoms with E-state index in [2.05, 4.69) is 231 Å². The van der Waals surface area contributed by atoms with Crippen molar-refractivity contribution < 1.29 is 0 Å². The third-order valence-corrected chi connectivity index (χ3v) is 15.9. The van der Waals surface area contributed by atoms with Crippen LogP contribution in [-0.4, -0.2) is 20.4 Å². The van der Waals surface area contributed by atoms with Crippen molar-refractivity contribution in [3.05, 3.63) is 212 Å². The van der Waals surface area contributed by atoms with Gasteiger partial charge in [0.25, 0.3) is 6.71 Å². The minimum atomic E-state index is -0.0683. The Morgan fingerprint density at radius 3 is 1.53 bits per heavy atom. The lowest BCUT2D eigenvalue weighted by atomic mass is 9.33. The van der Waals surface area contributed by atoms with E-state index in [9.17, 15) is 0 Å². The first-order valence-corrected chi connectivity index (χ1v) is 23.6. The van der Waals surface area contributed by atoms with E-state index in [0.717, 1.165) is 17.1 Å². The molecule has 2 aliphatic rings. The number of hydrogen-bond acceptors (Lipinski definition) is 2. The van der Waals surface area contributed by atoms with Crippen LogP contribution in [0.5, 0.6) is 0 Å². The molecule has 0 bridgehead atoms. The minimum Gasteiger partial charge on any atom is -0.309 e. The summed E-state index contributed by atoms with van der Waals surface area (Å²) in [5.74, 6) is 0. The van der Waals surface area contributed by atoms with Crippen LogP contribution in [0.15, 0.2) is 212 Å². The van der Waals surface area contributed by atoms with Gasteiger partial charge in [-0.3, -0.25) is 0 Å². The average molecular weight is 855 g/mol. The lowest BCUT2D eigenvalue weighted by Gasteiger charge is -2.42. The van der Waals surface area contributed by atoms with Gasteiger partial charge in [-0.2, -0.15) is 0 Å². The summed E-state index contributed by atoms with van der Waals surface area (Å²) in [4.78, 5) is 2.57. The van der Waals surface area contributed by atoms with E-state index < -0.39 is 0 Å². The van der Waals surface area contributed by atoms with Crippen molar-refractivity contribution >= 4 is 137 Å². The number of rotatable bonds is 3. The topological polar surface area (TPSA) is 18.0 Å². The van der Waals surface area contributed by atoms with E-state index in [1.807, 2.05) is 11.3 Å². The molecule has 0 amide bonds. The summed E-state index contributed by atoms with van der Waals surface area (Å²) in [6.07, 6.45) is 0. The standard InChI is InChI=1S/C60H35BN4S/c1-2-17-36(18-3-1)62-49-31-14-9-25-43(49)61-44-26-16-24-42-55-50(33-34-54-56(55)41-23-8-15-32-53(41)66-54)65(58(42)44)60-52(64-47-29-12-6-21-39(47)40-22-7-13-30-48(40)64)35-51(59(62)57(60)61)63-45-27-10-4-19-37(45)38-20-5-11-28-46(38)63/h1-35H. The second-order valence-electron chi connectivity index (χ2n) is 17.9. The normalized spacial score (nSPS) is 13.1. The fourth-order valence-corrected chi connectivity index (χ4v) is 13.5. The van der Waals surface area contributed by atoms with Crippen LogP contribution in [-0.2, 0) is 0 Å². The average Bonchev–Trinajstić information content (AvgIpc) is 4.12. The molecule has 4 nitrogen and oxygen atoms in total. The smallest absolute Gasteiger partial charge is 0.252 e. The molecular weight excluding hydrogens is 820 g/mol. The molecule has 14 aromatic rings. The molecular formula is C60H35BN4S. The molecule has 0 aliphatic carbocycles. The summed E-state index contributed by atoms with van der Waals surface area (Å²) in [6.45, 7) is -0.0683. The second kappa shape index (κ2) is 12.7. The van der Waals surface area contributed by atoms with Crippen molar-refractivity contribution in [2.75, 3.05) is 4.90 Å².